The van der Waals surface area contributed by atoms with E-state index in [2.05, 4.69) is 63.2 Å². The largest absolute Gasteiger partial charge is 0.309 e. The molecule has 1 N–H and O–H groups in total. The van der Waals surface area contributed by atoms with Crippen molar-refractivity contribution in [3.05, 3.63) is 56.2 Å². The van der Waals surface area contributed by atoms with Crippen LogP contribution in [0.3, 0.4) is 0 Å². The number of hydrogen-bond acceptors (Lipinski definition) is 2. The standard InChI is InChI=1S/C13H14BrNS/c1-9-7-11(14)3-4-12(9)13(15-2)10-5-6-16-8-10/h3-8,13,15H,1-2H3. The number of halogens is 1. The molecule has 2 rings (SSSR count). The summed E-state index contributed by atoms with van der Waals surface area (Å²) in [5.41, 5.74) is 3.97. The van der Waals surface area contributed by atoms with E-state index in [9.17, 15) is 0 Å². The van der Waals surface area contributed by atoms with Crippen LogP contribution in [0.4, 0.5) is 0 Å². The summed E-state index contributed by atoms with van der Waals surface area (Å²) in [5.74, 6) is 0. The number of rotatable bonds is 3. The maximum absolute atomic E-state index is 3.50. The first-order valence-corrected chi connectivity index (χ1v) is 6.91. The average Bonchev–Trinajstić information content (AvgIpc) is 2.75. The lowest BCUT2D eigenvalue weighted by Crippen LogP contribution is -2.17. The summed E-state index contributed by atoms with van der Waals surface area (Å²) in [5, 5.41) is 7.69. The van der Waals surface area contributed by atoms with Crippen molar-refractivity contribution < 1.29 is 0 Å². The van der Waals surface area contributed by atoms with Crippen molar-refractivity contribution in [1.82, 2.24) is 5.32 Å². The van der Waals surface area contributed by atoms with Gasteiger partial charge in [0.1, 0.15) is 0 Å². The molecule has 0 spiro atoms. The van der Waals surface area contributed by atoms with E-state index >= 15 is 0 Å². The topological polar surface area (TPSA) is 12.0 Å². The van der Waals surface area contributed by atoms with Gasteiger partial charge >= 0.3 is 0 Å². The van der Waals surface area contributed by atoms with Gasteiger partial charge in [-0.3, -0.25) is 0 Å². The van der Waals surface area contributed by atoms with E-state index in [4.69, 9.17) is 0 Å². The highest BCUT2D eigenvalue weighted by atomic mass is 79.9. The van der Waals surface area contributed by atoms with Gasteiger partial charge in [-0.2, -0.15) is 11.3 Å². The Kier molecular flexibility index (Phi) is 3.79. The van der Waals surface area contributed by atoms with Crippen LogP contribution >= 0.6 is 27.3 Å². The summed E-state index contributed by atoms with van der Waals surface area (Å²) in [6.45, 7) is 2.15. The molecule has 0 radical (unpaired) electrons. The Morgan fingerprint density at radius 3 is 2.69 bits per heavy atom. The van der Waals surface area contributed by atoms with Gasteiger partial charge in [0.15, 0.2) is 0 Å². The first-order chi connectivity index (χ1) is 7.72. The summed E-state index contributed by atoms with van der Waals surface area (Å²) in [6, 6.07) is 8.90. The van der Waals surface area contributed by atoms with Crippen molar-refractivity contribution >= 4 is 27.3 Å². The molecule has 1 heterocycles. The Labute approximate surface area is 109 Å². The second kappa shape index (κ2) is 5.13. The Balaban J connectivity index is 2.41. The van der Waals surface area contributed by atoms with Gasteiger partial charge in [0.05, 0.1) is 6.04 Å². The summed E-state index contributed by atoms with van der Waals surface area (Å²) >= 11 is 5.24. The molecule has 1 unspecified atom stereocenters. The zero-order valence-corrected chi connectivity index (χ0v) is 11.7. The zero-order chi connectivity index (χ0) is 11.5. The highest BCUT2D eigenvalue weighted by Crippen LogP contribution is 2.27. The third kappa shape index (κ3) is 2.37. The van der Waals surface area contributed by atoms with Crippen molar-refractivity contribution in [3.63, 3.8) is 0 Å². The van der Waals surface area contributed by atoms with Crippen LogP contribution in [0.25, 0.3) is 0 Å². The van der Waals surface area contributed by atoms with Crippen molar-refractivity contribution in [2.75, 3.05) is 7.05 Å². The second-order valence-electron chi connectivity index (χ2n) is 3.78. The molecule has 16 heavy (non-hydrogen) atoms. The first-order valence-electron chi connectivity index (χ1n) is 5.18. The van der Waals surface area contributed by atoms with Crippen LogP contribution in [-0.2, 0) is 0 Å². The molecule has 0 fully saturated rings. The predicted molar refractivity (Wildman–Crippen MR) is 74.1 cm³/mol. The maximum atomic E-state index is 3.50. The molecule has 0 aliphatic heterocycles. The Bertz CT molecular complexity index is 465. The van der Waals surface area contributed by atoms with Gasteiger partial charge in [0.2, 0.25) is 0 Å². The fourth-order valence-electron chi connectivity index (χ4n) is 1.90. The SMILES string of the molecule is CNC(c1ccsc1)c1ccc(Br)cc1C. The minimum Gasteiger partial charge on any atom is -0.309 e. The molecule has 1 aromatic heterocycles. The van der Waals surface area contributed by atoms with E-state index in [1.165, 1.54) is 16.7 Å². The van der Waals surface area contributed by atoms with Crippen LogP contribution in [0.5, 0.6) is 0 Å². The molecule has 3 heteroatoms. The third-order valence-electron chi connectivity index (χ3n) is 2.71. The fraction of sp³-hybridized carbons (Fsp3) is 0.231. The molecule has 1 aromatic carbocycles. The van der Waals surface area contributed by atoms with E-state index in [0.717, 1.165) is 4.47 Å². The average molecular weight is 296 g/mol. The molecule has 2 aromatic rings. The Hall–Kier alpha value is -0.640. The minimum absolute atomic E-state index is 0.291. The normalized spacial score (nSPS) is 12.7. The summed E-state index contributed by atoms with van der Waals surface area (Å²) in [7, 11) is 2.00. The number of nitrogens with one attached hydrogen (secondary N) is 1. The summed E-state index contributed by atoms with van der Waals surface area (Å²) < 4.78 is 1.13. The van der Waals surface area contributed by atoms with Crippen LogP contribution < -0.4 is 5.32 Å². The van der Waals surface area contributed by atoms with Crippen molar-refractivity contribution in [2.45, 2.75) is 13.0 Å². The monoisotopic (exact) mass is 295 g/mol. The molecule has 0 aliphatic carbocycles. The Morgan fingerprint density at radius 2 is 2.12 bits per heavy atom. The van der Waals surface area contributed by atoms with Gasteiger partial charge in [-0.15, -0.1) is 0 Å². The Morgan fingerprint density at radius 1 is 1.31 bits per heavy atom. The highest BCUT2D eigenvalue weighted by Gasteiger charge is 2.14. The van der Waals surface area contributed by atoms with Crippen LogP contribution in [0.1, 0.15) is 22.7 Å². The van der Waals surface area contributed by atoms with Crippen molar-refractivity contribution in [2.24, 2.45) is 0 Å². The van der Waals surface area contributed by atoms with Gasteiger partial charge < -0.3 is 5.32 Å². The van der Waals surface area contributed by atoms with E-state index in [0.29, 0.717) is 6.04 Å². The summed E-state index contributed by atoms with van der Waals surface area (Å²) in [6.07, 6.45) is 0. The lowest BCUT2D eigenvalue weighted by atomic mass is 9.97. The molecular weight excluding hydrogens is 282 g/mol. The minimum atomic E-state index is 0.291. The van der Waals surface area contributed by atoms with Gasteiger partial charge in [-0.25, -0.2) is 0 Å². The third-order valence-corrected chi connectivity index (χ3v) is 3.90. The van der Waals surface area contributed by atoms with Crippen LogP contribution in [0.15, 0.2) is 39.5 Å². The van der Waals surface area contributed by atoms with Crippen molar-refractivity contribution in [1.29, 1.82) is 0 Å². The van der Waals surface area contributed by atoms with Gasteiger partial charge in [0.25, 0.3) is 0 Å². The molecule has 1 nitrogen and oxygen atoms in total. The number of aryl methyl sites for hydroxylation is 1. The number of hydrogen-bond donors (Lipinski definition) is 1. The van der Waals surface area contributed by atoms with Gasteiger partial charge in [0, 0.05) is 4.47 Å². The van der Waals surface area contributed by atoms with Crippen LogP contribution in [0, 0.1) is 6.92 Å². The molecule has 0 saturated heterocycles. The lowest BCUT2D eigenvalue weighted by Gasteiger charge is -2.18. The molecule has 84 valence electrons. The number of benzene rings is 1. The van der Waals surface area contributed by atoms with Crippen molar-refractivity contribution in [3.8, 4) is 0 Å². The summed E-state index contributed by atoms with van der Waals surface area (Å²) in [4.78, 5) is 0. The van der Waals surface area contributed by atoms with E-state index in [1.54, 1.807) is 11.3 Å². The lowest BCUT2D eigenvalue weighted by molar-refractivity contribution is 0.690. The molecule has 0 saturated carbocycles. The molecule has 0 amide bonds. The van der Waals surface area contributed by atoms with E-state index < -0.39 is 0 Å². The smallest absolute Gasteiger partial charge is 0.0585 e. The molecule has 1 atom stereocenters. The maximum Gasteiger partial charge on any atom is 0.0585 e. The van der Waals surface area contributed by atoms with Crippen LogP contribution in [-0.4, -0.2) is 7.05 Å². The zero-order valence-electron chi connectivity index (χ0n) is 9.33. The molecule has 0 aliphatic rings. The van der Waals surface area contributed by atoms with Gasteiger partial charge in [-0.05, 0) is 59.6 Å². The van der Waals surface area contributed by atoms with E-state index in [-0.39, 0.29) is 0 Å². The van der Waals surface area contributed by atoms with Gasteiger partial charge in [-0.1, -0.05) is 22.0 Å². The fourth-order valence-corrected chi connectivity index (χ4v) is 3.07. The van der Waals surface area contributed by atoms with Crippen LogP contribution in [0.2, 0.25) is 0 Å². The second-order valence-corrected chi connectivity index (χ2v) is 5.47. The predicted octanol–water partition coefficient (Wildman–Crippen LogP) is 4.13. The highest BCUT2D eigenvalue weighted by molar-refractivity contribution is 9.10. The number of thiophene rings is 1. The first kappa shape index (κ1) is 11.8. The molecular formula is C13H14BrNS. The molecule has 0 bridgehead atoms. The van der Waals surface area contributed by atoms with E-state index in [1.807, 2.05) is 7.05 Å². The quantitative estimate of drug-likeness (QED) is 0.898.